The van der Waals surface area contributed by atoms with Crippen LogP contribution in [0.4, 0.5) is 0 Å². The molecule has 1 N–H and O–H groups in total. The topological polar surface area (TPSA) is 42.7 Å². The lowest BCUT2D eigenvalue weighted by Crippen LogP contribution is -2.05. The Kier molecular flexibility index (Phi) is 3.24. The van der Waals surface area contributed by atoms with Crippen molar-refractivity contribution in [2.24, 2.45) is 7.05 Å². The van der Waals surface area contributed by atoms with Crippen LogP contribution in [-0.2, 0) is 13.6 Å². The highest BCUT2D eigenvalue weighted by Crippen LogP contribution is 2.26. The van der Waals surface area contributed by atoms with Crippen molar-refractivity contribution in [3.8, 4) is 11.1 Å². The van der Waals surface area contributed by atoms with E-state index in [1.54, 1.807) is 0 Å². The Morgan fingerprint density at radius 2 is 2.06 bits per heavy atom. The molecule has 0 aliphatic heterocycles. The van der Waals surface area contributed by atoms with E-state index in [2.05, 4.69) is 28.4 Å². The van der Waals surface area contributed by atoms with Gasteiger partial charge in [0, 0.05) is 42.8 Å². The van der Waals surface area contributed by atoms with E-state index < -0.39 is 0 Å². The van der Waals surface area contributed by atoms with E-state index in [0.717, 1.165) is 17.8 Å². The van der Waals surface area contributed by atoms with E-state index in [-0.39, 0.29) is 0 Å². The van der Waals surface area contributed by atoms with Gasteiger partial charge in [0.1, 0.15) is 0 Å². The van der Waals surface area contributed by atoms with Crippen molar-refractivity contribution < 1.29 is 0 Å². The molecule has 0 amide bonds. The summed E-state index contributed by atoms with van der Waals surface area (Å²) >= 11 is 0. The van der Waals surface area contributed by atoms with Gasteiger partial charge in [-0.1, -0.05) is 0 Å². The molecule has 2 rings (SSSR count). The first-order valence-electron chi connectivity index (χ1n) is 5.72. The van der Waals surface area contributed by atoms with Crippen LogP contribution in [0.25, 0.3) is 11.1 Å². The van der Waals surface area contributed by atoms with Gasteiger partial charge in [0.05, 0.1) is 5.69 Å². The van der Waals surface area contributed by atoms with Crippen LogP contribution in [0.2, 0.25) is 0 Å². The maximum absolute atomic E-state index is 4.44. The molecular formula is C13H18N4. The summed E-state index contributed by atoms with van der Waals surface area (Å²) in [5.74, 6) is 0. The van der Waals surface area contributed by atoms with E-state index >= 15 is 0 Å². The maximum Gasteiger partial charge on any atom is 0.0675 e. The van der Waals surface area contributed by atoms with Gasteiger partial charge in [-0.3, -0.25) is 9.67 Å². The molecule has 90 valence electrons. The molecule has 0 bridgehead atoms. The second-order valence-corrected chi connectivity index (χ2v) is 4.28. The largest absolute Gasteiger partial charge is 0.316 e. The average molecular weight is 230 g/mol. The van der Waals surface area contributed by atoms with Crippen LogP contribution in [0.5, 0.6) is 0 Å². The van der Waals surface area contributed by atoms with Crippen LogP contribution in [-0.4, -0.2) is 21.8 Å². The number of aryl methyl sites for hydroxylation is 2. The zero-order valence-corrected chi connectivity index (χ0v) is 10.8. The van der Waals surface area contributed by atoms with Crippen LogP contribution >= 0.6 is 0 Å². The molecule has 2 heterocycles. The van der Waals surface area contributed by atoms with E-state index in [1.165, 1.54) is 16.8 Å². The molecule has 0 aliphatic rings. The predicted molar refractivity (Wildman–Crippen MR) is 68.7 cm³/mol. The molecule has 0 saturated carbocycles. The standard InChI is InChI=1S/C13H18N4/c1-9-13(10(2)17(4)16-9)12-5-11(6-14-3)7-15-8-12/h5,7-8,14H,6H2,1-4H3. The van der Waals surface area contributed by atoms with Gasteiger partial charge < -0.3 is 5.32 Å². The fourth-order valence-corrected chi connectivity index (χ4v) is 2.12. The average Bonchev–Trinajstić information content (AvgIpc) is 2.54. The molecule has 0 unspecified atom stereocenters. The Morgan fingerprint density at radius 3 is 2.65 bits per heavy atom. The fraction of sp³-hybridized carbons (Fsp3) is 0.385. The first kappa shape index (κ1) is 11.8. The minimum atomic E-state index is 0.833. The quantitative estimate of drug-likeness (QED) is 0.874. The van der Waals surface area contributed by atoms with Gasteiger partial charge in [0.2, 0.25) is 0 Å². The second-order valence-electron chi connectivity index (χ2n) is 4.28. The molecule has 4 nitrogen and oxygen atoms in total. The number of nitrogens with zero attached hydrogens (tertiary/aromatic N) is 3. The van der Waals surface area contributed by atoms with Crippen LogP contribution < -0.4 is 5.32 Å². The molecule has 0 radical (unpaired) electrons. The summed E-state index contributed by atoms with van der Waals surface area (Å²) in [6.07, 6.45) is 3.79. The molecular weight excluding hydrogens is 212 g/mol. The van der Waals surface area contributed by atoms with E-state index in [0.29, 0.717) is 0 Å². The molecule has 0 saturated heterocycles. The Labute approximate surface area is 102 Å². The number of nitrogens with one attached hydrogen (secondary N) is 1. The maximum atomic E-state index is 4.44. The molecule has 0 aliphatic carbocycles. The smallest absolute Gasteiger partial charge is 0.0675 e. The highest BCUT2D eigenvalue weighted by molar-refractivity contribution is 5.68. The SMILES string of the molecule is CNCc1cncc(-c2c(C)nn(C)c2C)c1. The number of rotatable bonds is 3. The highest BCUT2D eigenvalue weighted by atomic mass is 15.3. The Hall–Kier alpha value is -1.68. The predicted octanol–water partition coefficient (Wildman–Crippen LogP) is 1.82. The first-order valence-corrected chi connectivity index (χ1v) is 5.72. The van der Waals surface area contributed by atoms with E-state index in [9.17, 15) is 0 Å². The minimum Gasteiger partial charge on any atom is -0.316 e. The van der Waals surface area contributed by atoms with Gasteiger partial charge in [0.25, 0.3) is 0 Å². The van der Waals surface area contributed by atoms with Gasteiger partial charge in [-0.05, 0) is 32.5 Å². The van der Waals surface area contributed by atoms with Gasteiger partial charge in [0.15, 0.2) is 0 Å². The summed E-state index contributed by atoms with van der Waals surface area (Å²) in [5, 5.41) is 7.57. The van der Waals surface area contributed by atoms with E-state index in [4.69, 9.17) is 0 Å². The zero-order valence-electron chi connectivity index (χ0n) is 10.8. The lowest BCUT2D eigenvalue weighted by molar-refractivity contribution is 0.731. The third-order valence-electron chi connectivity index (χ3n) is 2.97. The Bertz CT molecular complexity index is 528. The Balaban J connectivity index is 2.49. The first-order chi connectivity index (χ1) is 8.13. The van der Waals surface area contributed by atoms with Crippen molar-refractivity contribution in [2.45, 2.75) is 20.4 Å². The minimum absolute atomic E-state index is 0.833. The molecule has 0 spiro atoms. The monoisotopic (exact) mass is 230 g/mol. The molecule has 0 fully saturated rings. The van der Waals surface area contributed by atoms with Crippen molar-refractivity contribution >= 4 is 0 Å². The summed E-state index contributed by atoms with van der Waals surface area (Å²) in [7, 11) is 3.91. The van der Waals surface area contributed by atoms with Gasteiger partial charge >= 0.3 is 0 Å². The van der Waals surface area contributed by atoms with Gasteiger partial charge in [-0.15, -0.1) is 0 Å². The zero-order chi connectivity index (χ0) is 12.4. The second kappa shape index (κ2) is 4.67. The number of aromatic nitrogens is 3. The summed E-state index contributed by atoms with van der Waals surface area (Å²) in [5.41, 5.74) is 5.74. The fourth-order valence-electron chi connectivity index (χ4n) is 2.12. The third kappa shape index (κ3) is 2.22. The summed E-state index contributed by atoms with van der Waals surface area (Å²) in [6, 6.07) is 2.17. The number of hydrogen-bond acceptors (Lipinski definition) is 3. The summed E-state index contributed by atoms with van der Waals surface area (Å²) < 4.78 is 1.91. The molecule has 17 heavy (non-hydrogen) atoms. The van der Waals surface area contributed by atoms with Crippen molar-refractivity contribution in [2.75, 3.05) is 7.05 Å². The van der Waals surface area contributed by atoms with Gasteiger partial charge in [-0.25, -0.2) is 0 Å². The lowest BCUT2D eigenvalue weighted by Gasteiger charge is -2.05. The molecule has 4 heteroatoms. The number of hydrogen-bond donors (Lipinski definition) is 1. The van der Waals surface area contributed by atoms with Crippen molar-refractivity contribution in [1.82, 2.24) is 20.1 Å². The Morgan fingerprint density at radius 1 is 1.29 bits per heavy atom. The number of pyridine rings is 1. The van der Waals surface area contributed by atoms with Crippen molar-refractivity contribution in [3.05, 3.63) is 35.4 Å². The molecule has 0 aromatic carbocycles. The van der Waals surface area contributed by atoms with Gasteiger partial charge in [-0.2, -0.15) is 5.10 Å². The third-order valence-corrected chi connectivity index (χ3v) is 2.97. The van der Waals surface area contributed by atoms with Crippen LogP contribution in [0.15, 0.2) is 18.5 Å². The summed E-state index contributed by atoms with van der Waals surface area (Å²) in [4.78, 5) is 4.29. The lowest BCUT2D eigenvalue weighted by atomic mass is 10.0. The van der Waals surface area contributed by atoms with E-state index in [1.807, 2.05) is 38.1 Å². The van der Waals surface area contributed by atoms with Crippen LogP contribution in [0, 0.1) is 13.8 Å². The molecule has 2 aromatic heterocycles. The molecule has 2 aromatic rings. The molecule has 0 atom stereocenters. The van der Waals surface area contributed by atoms with Crippen LogP contribution in [0.1, 0.15) is 17.0 Å². The van der Waals surface area contributed by atoms with Crippen molar-refractivity contribution in [1.29, 1.82) is 0 Å². The normalized spacial score (nSPS) is 10.8. The summed E-state index contributed by atoms with van der Waals surface area (Å²) in [6.45, 7) is 4.95. The van der Waals surface area contributed by atoms with Crippen LogP contribution in [0.3, 0.4) is 0 Å². The van der Waals surface area contributed by atoms with Crippen molar-refractivity contribution in [3.63, 3.8) is 0 Å². The highest BCUT2D eigenvalue weighted by Gasteiger charge is 2.11.